The van der Waals surface area contributed by atoms with Gasteiger partial charge in [-0.1, -0.05) is 22.5 Å². The number of hydrogen-bond donors (Lipinski definition) is 0. The molecule has 0 atom stereocenters. The predicted molar refractivity (Wildman–Crippen MR) is 52.7 cm³/mol. The molecule has 0 N–H and O–H groups in total. The minimum absolute atomic E-state index is 0.0173. The molecule has 0 aliphatic carbocycles. The van der Waals surface area contributed by atoms with Crippen LogP contribution in [-0.2, 0) is 9.53 Å². The largest absolute Gasteiger partial charge is 0.450 e. The lowest BCUT2D eigenvalue weighted by atomic mass is 10.5. The lowest BCUT2D eigenvalue weighted by Gasteiger charge is -2.18. The number of hydrogen-bond acceptors (Lipinski definition) is 3. The van der Waals surface area contributed by atoms with E-state index in [2.05, 4.69) is 22.5 Å². The fourth-order valence-electron chi connectivity index (χ4n) is 0.715. The van der Waals surface area contributed by atoms with Gasteiger partial charge in [0, 0.05) is 4.48 Å². The molecule has 0 unspecified atom stereocenters. The molecule has 0 rings (SSSR count). The summed E-state index contributed by atoms with van der Waals surface area (Å²) in [6, 6.07) is 0. The Morgan fingerprint density at radius 3 is 2.69 bits per heavy atom. The first-order valence-electron chi connectivity index (χ1n) is 3.80. The molecule has 0 aliphatic rings. The van der Waals surface area contributed by atoms with Crippen LogP contribution in [0, 0.1) is 0 Å². The molecular weight excluding hydrogens is 238 g/mol. The highest BCUT2D eigenvalue weighted by Crippen LogP contribution is 2.04. The van der Waals surface area contributed by atoms with Crippen molar-refractivity contribution < 1.29 is 14.3 Å². The van der Waals surface area contributed by atoms with Crippen LogP contribution >= 0.6 is 15.9 Å². The number of carbonyl (C=O) groups is 2. The second kappa shape index (κ2) is 6.65. The minimum atomic E-state index is -0.504. The Morgan fingerprint density at radius 2 is 2.31 bits per heavy atom. The molecule has 0 fully saturated rings. The van der Waals surface area contributed by atoms with Crippen molar-refractivity contribution in [1.82, 2.24) is 4.90 Å². The van der Waals surface area contributed by atoms with E-state index in [0.29, 0.717) is 17.4 Å². The van der Waals surface area contributed by atoms with Crippen LogP contribution in [0.5, 0.6) is 0 Å². The van der Waals surface area contributed by atoms with Gasteiger partial charge in [-0.3, -0.25) is 4.90 Å². The molecule has 0 aromatic carbocycles. The van der Waals surface area contributed by atoms with E-state index in [1.54, 1.807) is 6.92 Å². The summed E-state index contributed by atoms with van der Waals surface area (Å²) in [4.78, 5) is 22.6. The van der Waals surface area contributed by atoms with Gasteiger partial charge in [-0.25, -0.2) is 4.79 Å². The fraction of sp³-hybridized carbons (Fsp3) is 0.500. The van der Waals surface area contributed by atoms with Gasteiger partial charge in [0.2, 0.25) is 0 Å². The molecule has 0 saturated heterocycles. The van der Waals surface area contributed by atoms with Crippen molar-refractivity contribution in [3.8, 4) is 0 Å². The van der Waals surface area contributed by atoms with Crippen LogP contribution in [0.15, 0.2) is 11.1 Å². The van der Waals surface area contributed by atoms with Crippen LogP contribution in [0.25, 0.3) is 0 Å². The summed E-state index contributed by atoms with van der Waals surface area (Å²) >= 11 is 3.10. The van der Waals surface area contributed by atoms with Gasteiger partial charge in [0.05, 0.1) is 19.7 Å². The van der Waals surface area contributed by atoms with Gasteiger partial charge < -0.3 is 9.53 Å². The topological polar surface area (TPSA) is 46.6 Å². The number of ether oxygens (including phenoxy) is 1. The van der Waals surface area contributed by atoms with Crippen LogP contribution in [0.3, 0.4) is 0 Å². The number of aldehydes is 1. The van der Waals surface area contributed by atoms with Crippen molar-refractivity contribution in [3.05, 3.63) is 11.1 Å². The third-order valence-electron chi connectivity index (χ3n) is 1.18. The van der Waals surface area contributed by atoms with Gasteiger partial charge in [-0.15, -0.1) is 0 Å². The smallest absolute Gasteiger partial charge is 0.410 e. The van der Waals surface area contributed by atoms with E-state index < -0.39 is 6.09 Å². The lowest BCUT2D eigenvalue weighted by Crippen LogP contribution is -2.34. The summed E-state index contributed by atoms with van der Waals surface area (Å²) in [5, 5.41) is 0. The average Bonchev–Trinajstić information content (AvgIpc) is 2.03. The molecule has 5 heteroatoms. The van der Waals surface area contributed by atoms with Crippen molar-refractivity contribution in [2.45, 2.75) is 6.92 Å². The zero-order valence-corrected chi connectivity index (χ0v) is 9.04. The molecule has 0 aromatic rings. The van der Waals surface area contributed by atoms with E-state index in [0.717, 1.165) is 0 Å². The summed E-state index contributed by atoms with van der Waals surface area (Å²) in [7, 11) is 0. The Kier molecular flexibility index (Phi) is 6.22. The molecule has 0 aliphatic heterocycles. The van der Waals surface area contributed by atoms with Gasteiger partial charge in [0.1, 0.15) is 6.29 Å². The fourth-order valence-corrected chi connectivity index (χ4v) is 1.02. The minimum Gasteiger partial charge on any atom is -0.450 e. The van der Waals surface area contributed by atoms with Crippen LogP contribution in [0.1, 0.15) is 6.92 Å². The van der Waals surface area contributed by atoms with Gasteiger partial charge in [0.25, 0.3) is 0 Å². The van der Waals surface area contributed by atoms with Crippen LogP contribution in [0.4, 0.5) is 4.79 Å². The summed E-state index contributed by atoms with van der Waals surface area (Å²) in [6.45, 7) is 5.87. The van der Waals surface area contributed by atoms with E-state index in [1.165, 1.54) is 4.90 Å². The molecule has 0 bridgehead atoms. The molecule has 0 radical (unpaired) electrons. The van der Waals surface area contributed by atoms with Crippen molar-refractivity contribution >= 4 is 28.3 Å². The Balaban J connectivity index is 4.13. The standard InChI is InChI=1S/C8H12BrNO3/c1-3-13-8(12)10(4-5-11)6-7(2)9/h5H,2-4,6H2,1H3. The molecule has 0 heterocycles. The maximum absolute atomic E-state index is 11.2. The second-order valence-electron chi connectivity index (χ2n) is 2.26. The number of carbonyl (C=O) groups excluding carboxylic acids is 2. The molecule has 0 aromatic heterocycles. The summed E-state index contributed by atoms with van der Waals surface area (Å²) in [5.74, 6) is 0. The van der Waals surface area contributed by atoms with Crippen LogP contribution in [-0.4, -0.2) is 37.0 Å². The average molecular weight is 250 g/mol. The van der Waals surface area contributed by atoms with Crippen molar-refractivity contribution in [1.29, 1.82) is 0 Å². The van der Waals surface area contributed by atoms with E-state index in [9.17, 15) is 9.59 Å². The predicted octanol–water partition coefficient (Wildman–Crippen LogP) is 1.55. The Morgan fingerprint density at radius 1 is 1.69 bits per heavy atom. The summed E-state index contributed by atoms with van der Waals surface area (Å²) < 4.78 is 5.35. The number of rotatable bonds is 5. The van der Waals surface area contributed by atoms with Gasteiger partial charge in [0.15, 0.2) is 0 Å². The lowest BCUT2D eigenvalue weighted by molar-refractivity contribution is -0.108. The van der Waals surface area contributed by atoms with Crippen molar-refractivity contribution in [2.24, 2.45) is 0 Å². The Hall–Kier alpha value is -0.840. The maximum atomic E-state index is 11.2. The van der Waals surface area contributed by atoms with Gasteiger partial charge >= 0.3 is 6.09 Å². The molecular formula is C8H12BrNO3. The summed E-state index contributed by atoms with van der Waals surface area (Å²) in [6.07, 6.45) is 0.141. The SMILES string of the molecule is C=C(Br)CN(CC=O)C(=O)OCC. The number of amides is 1. The van der Waals surface area contributed by atoms with Crippen LogP contribution in [0.2, 0.25) is 0 Å². The zero-order valence-electron chi connectivity index (χ0n) is 7.46. The van der Waals surface area contributed by atoms with Crippen LogP contribution < -0.4 is 0 Å². The Bertz CT molecular complexity index is 206. The first-order valence-corrected chi connectivity index (χ1v) is 4.59. The van der Waals surface area contributed by atoms with E-state index in [4.69, 9.17) is 4.74 Å². The highest BCUT2D eigenvalue weighted by molar-refractivity contribution is 9.11. The molecule has 74 valence electrons. The quantitative estimate of drug-likeness (QED) is 0.695. The third-order valence-corrected chi connectivity index (χ3v) is 1.43. The second-order valence-corrected chi connectivity index (χ2v) is 3.38. The molecule has 0 spiro atoms. The number of nitrogens with zero attached hydrogens (tertiary/aromatic N) is 1. The molecule has 0 saturated carbocycles. The first-order chi connectivity index (χ1) is 6.11. The van der Waals surface area contributed by atoms with Gasteiger partial charge in [-0.05, 0) is 6.92 Å². The maximum Gasteiger partial charge on any atom is 0.410 e. The summed E-state index contributed by atoms with van der Waals surface area (Å²) in [5.41, 5.74) is 0. The van der Waals surface area contributed by atoms with Crippen molar-refractivity contribution in [2.75, 3.05) is 19.7 Å². The molecule has 1 amide bonds. The highest BCUT2D eigenvalue weighted by atomic mass is 79.9. The number of halogens is 1. The monoisotopic (exact) mass is 249 g/mol. The van der Waals surface area contributed by atoms with E-state index in [1.807, 2.05) is 0 Å². The third kappa shape index (κ3) is 5.41. The van der Waals surface area contributed by atoms with E-state index >= 15 is 0 Å². The zero-order chi connectivity index (χ0) is 10.3. The highest BCUT2D eigenvalue weighted by Gasteiger charge is 2.13. The molecule has 4 nitrogen and oxygen atoms in total. The Labute approximate surface area is 85.7 Å². The van der Waals surface area contributed by atoms with Gasteiger partial charge in [-0.2, -0.15) is 0 Å². The normalized spacial score (nSPS) is 9.08. The molecule has 13 heavy (non-hydrogen) atoms. The first kappa shape index (κ1) is 12.2. The van der Waals surface area contributed by atoms with E-state index in [-0.39, 0.29) is 13.1 Å². The van der Waals surface area contributed by atoms with Crippen molar-refractivity contribution in [3.63, 3.8) is 0 Å².